The van der Waals surface area contributed by atoms with Crippen molar-refractivity contribution >= 4 is 35.4 Å². The van der Waals surface area contributed by atoms with Crippen molar-refractivity contribution in [1.82, 2.24) is 19.9 Å². The number of hydrogen-bond acceptors (Lipinski definition) is 8. The zero-order valence-electron chi connectivity index (χ0n) is 14.5. The van der Waals surface area contributed by atoms with Gasteiger partial charge in [0.1, 0.15) is 23.4 Å². The highest BCUT2D eigenvalue weighted by atomic mass is 32.2. The molecule has 1 amide bonds. The number of nitro benzene ring substituents is 1. The molecule has 1 aromatic heterocycles. The Bertz CT molecular complexity index is 1040. The predicted molar refractivity (Wildman–Crippen MR) is 98.2 cm³/mol. The minimum Gasteiger partial charge on any atom is -0.456 e. The lowest BCUT2D eigenvalue weighted by Crippen LogP contribution is -2.51. The van der Waals surface area contributed by atoms with Crippen molar-refractivity contribution in [1.29, 1.82) is 0 Å². The highest BCUT2D eigenvalue weighted by Gasteiger charge is 2.49. The maximum Gasteiger partial charge on any atom is 0.355 e. The molecule has 1 fully saturated rings. The normalized spacial score (nSPS) is 19.2. The highest BCUT2D eigenvalue weighted by Crippen LogP contribution is 2.45. The third kappa shape index (κ3) is 3.16. The van der Waals surface area contributed by atoms with Gasteiger partial charge in [0.2, 0.25) is 0 Å². The number of rotatable bonds is 5. The predicted octanol–water partition coefficient (Wildman–Crippen LogP) is 1.61. The van der Waals surface area contributed by atoms with Crippen LogP contribution >= 0.6 is 11.8 Å². The van der Waals surface area contributed by atoms with Crippen molar-refractivity contribution in [2.75, 3.05) is 0 Å². The van der Waals surface area contributed by atoms with Crippen LogP contribution in [-0.2, 0) is 28.0 Å². The van der Waals surface area contributed by atoms with E-state index in [0.29, 0.717) is 16.8 Å². The first-order valence-electron chi connectivity index (χ1n) is 8.11. The number of nitro groups is 1. The second-order valence-electron chi connectivity index (χ2n) is 6.08. The summed E-state index contributed by atoms with van der Waals surface area (Å²) < 4.78 is 6.78. The number of amides is 1. The molecule has 0 spiro atoms. The average Bonchev–Trinajstić information content (AvgIpc) is 3.28. The van der Waals surface area contributed by atoms with Gasteiger partial charge in [0.25, 0.3) is 11.6 Å². The SMILES string of the molecule is Cn1cc(C=C2C(=O)N3C(C(=O)OCc4ccc([N+](=O)[O-])cc4)=CS[C@H]23)nn1. The third-order valence-electron chi connectivity index (χ3n) is 4.18. The van der Waals surface area contributed by atoms with Gasteiger partial charge in [-0.3, -0.25) is 24.5 Å². The molecule has 28 heavy (non-hydrogen) atoms. The Hall–Kier alpha value is -3.47. The minimum absolute atomic E-state index is 0.0404. The van der Waals surface area contributed by atoms with Gasteiger partial charge in [-0.2, -0.15) is 0 Å². The molecule has 2 aliphatic heterocycles. The first-order valence-corrected chi connectivity index (χ1v) is 9.06. The molecule has 3 heterocycles. The largest absolute Gasteiger partial charge is 0.456 e. The molecule has 11 heteroatoms. The summed E-state index contributed by atoms with van der Waals surface area (Å²) >= 11 is 1.34. The summed E-state index contributed by atoms with van der Waals surface area (Å²) in [4.78, 5) is 36.3. The van der Waals surface area contributed by atoms with Gasteiger partial charge in [-0.25, -0.2) is 4.79 Å². The first kappa shape index (κ1) is 17.9. The maximum absolute atomic E-state index is 12.4. The van der Waals surface area contributed by atoms with E-state index < -0.39 is 10.9 Å². The van der Waals surface area contributed by atoms with E-state index in [1.54, 1.807) is 24.7 Å². The van der Waals surface area contributed by atoms with E-state index >= 15 is 0 Å². The number of benzene rings is 1. The van der Waals surface area contributed by atoms with E-state index in [4.69, 9.17) is 4.74 Å². The summed E-state index contributed by atoms with van der Waals surface area (Å²) in [6.07, 6.45) is 3.35. The number of carbonyl (C=O) groups is 2. The lowest BCUT2D eigenvalue weighted by atomic mass is 10.0. The van der Waals surface area contributed by atoms with E-state index in [-0.39, 0.29) is 29.3 Å². The number of esters is 1. The summed E-state index contributed by atoms with van der Waals surface area (Å²) in [5, 5.41) is 19.7. The van der Waals surface area contributed by atoms with E-state index in [1.165, 1.54) is 45.6 Å². The molecule has 142 valence electrons. The molecular formula is C17H13N5O5S. The zero-order valence-corrected chi connectivity index (χ0v) is 15.3. The molecule has 2 aliphatic rings. The molecule has 1 aromatic carbocycles. The molecule has 0 saturated carbocycles. The molecule has 0 N–H and O–H groups in total. The Kier molecular flexibility index (Phi) is 4.43. The number of β-lactam (4-membered cyclic amide) rings is 1. The van der Waals surface area contributed by atoms with Crippen LogP contribution in [0.5, 0.6) is 0 Å². The van der Waals surface area contributed by atoms with Crippen molar-refractivity contribution < 1.29 is 19.2 Å². The number of aryl methyl sites for hydroxylation is 1. The third-order valence-corrected chi connectivity index (χ3v) is 5.27. The van der Waals surface area contributed by atoms with Gasteiger partial charge in [-0.1, -0.05) is 5.21 Å². The molecule has 0 aliphatic carbocycles. The number of nitrogens with zero attached hydrogens (tertiary/aromatic N) is 5. The molecule has 10 nitrogen and oxygen atoms in total. The second-order valence-corrected chi connectivity index (χ2v) is 7.04. The summed E-state index contributed by atoms with van der Waals surface area (Å²) in [5.74, 6) is -0.903. The minimum atomic E-state index is -0.625. The number of hydrogen-bond donors (Lipinski definition) is 0. The van der Waals surface area contributed by atoms with Gasteiger partial charge >= 0.3 is 5.97 Å². The Morgan fingerprint density at radius 2 is 2.14 bits per heavy atom. The Balaban J connectivity index is 1.38. The van der Waals surface area contributed by atoms with Gasteiger partial charge in [-0.15, -0.1) is 16.9 Å². The van der Waals surface area contributed by atoms with Crippen LogP contribution in [0.1, 0.15) is 11.3 Å². The van der Waals surface area contributed by atoms with Crippen LogP contribution in [0.3, 0.4) is 0 Å². The zero-order chi connectivity index (χ0) is 19.8. The van der Waals surface area contributed by atoms with E-state index in [2.05, 4.69) is 10.3 Å². The van der Waals surface area contributed by atoms with Crippen LogP contribution < -0.4 is 0 Å². The lowest BCUT2D eigenvalue weighted by molar-refractivity contribution is -0.384. The van der Waals surface area contributed by atoms with E-state index in [0.717, 1.165) is 0 Å². The smallest absolute Gasteiger partial charge is 0.355 e. The van der Waals surface area contributed by atoms with Crippen molar-refractivity contribution in [3.63, 3.8) is 0 Å². The van der Waals surface area contributed by atoms with Crippen LogP contribution in [-0.4, -0.2) is 42.1 Å². The fourth-order valence-corrected chi connectivity index (χ4v) is 3.90. The monoisotopic (exact) mass is 399 g/mol. The number of thioether (sulfide) groups is 1. The maximum atomic E-state index is 12.4. The molecule has 2 aromatic rings. The number of ether oxygens (including phenoxy) is 1. The first-order chi connectivity index (χ1) is 13.4. The second kappa shape index (κ2) is 6.93. The molecular weight excluding hydrogens is 386 g/mol. The molecule has 0 unspecified atom stereocenters. The Morgan fingerprint density at radius 3 is 2.79 bits per heavy atom. The summed E-state index contributed by atoms with van der Waals surface area (Å²) in [6.45, 7) is -0.0478. The molecule has 1 atom stereocenters. The van der Waals surface area contributed by atoms with Gasteiger partial charge in [0.15, 0.2) is 0 Å². The number of fused-ring (bicyclic) bond motifs is 1. The molecule has 1 saturated heterocycles. The van der Waals surface area contributed by atoms with Crippen molar-refractivity contribution in [3.05, 3.63) is 68.5 Å². The van der Waals surface area contributed by atoms with Gasteiger partial charge < -0.3 is 4.74 Å². The fraction of sp³-hybridized carbons (Fsp3) is 0.176. The number of aromatic nitrogens is 3. The number of non-ortho nitro benzene ring substituents is 1. The van der Waals surface area contributed by atoms with Crippen LogP contribution in [0.4, 0.5) is 5.69 Å². The van der Waals surface area contributed by atoms with Gasteiger partial charge in [0.05, 0.1) is 16.7 Å². The quantitative estimate of drug-likeness (QED) is 0.244. The summed E-state index contributed by atoms with van der Waals surface area (Å²) in [6, 6.07) is 5.71. The Morgan fingerprint density at radius 1 is 1.39 bits per heavy atom. The summed E-state index contributed by atoms with van der Waals surface area (Å²) in [5.41, 5.74) is 1.86. The standard InChI is InChI=1S/C17H13N5O5S/c1-20-7-11(18-19-20)6-13-15(23)21-14(9-28-16(13)21)17(24)27-8-10-2-4-12(5-3-10)22(25)26/h2-7,9,16H,8H2,1H3/t16-/m1/s1. The van der Waals surface area contributed by atoms with Crippen LogP contribution in [0.15, 0.2) is 47.1 Å². The van der Waals surface area contributed by atoms with Crippen LogP contribution in [0.25, 0.3) is 6.08 Å². The Labute approximate surface area is 162 Å². The highest BCUT2D eigenvalue weighted by molar-refractivity contribution is 8.03. The summed E-state index contributed by atoms with van der Waals surface area (Å²) in [7, 11) is 1.73. The number of carbonyl (C=O) groups excluding carboxylic acids is 2. The van der Waals surface area contributed by atoms with Crippen molar-refractivity contribution in [2.45, 2.75) is 12.0 Å². The lowest BCUT2D eigenvalue weighted by Gasteiger charge is -2.37. The van der Waals surface area contributed by atoms with Gasteiger partial charge in [-0.05, 0) is 23.8 Å². The average molecular weight is 399 g/mol. The molecule has 0 bridgehead atoms. The van der Waals surface area contributed by atoms with Gasteiger partial charge in [0, 0.05) is 24.6 Å². The van der Waals surface area contributed by atoms with Crippen LogP contribution in [0, 0.1) is 10.1 Å². The fourth-order valence-electron chi connectivity index (χ4n) is 2.79. The topological polar surface area (TPSA) is 120 Å². The van der Waals surface area contributed by atoms with Crippen LogP contribution in [0.2, 0.25) is 0 Å². The molecule has 0 radical (unpaired) electrons. The van der Waals surface area contributed by atoms with Crippen molar-refractivity contribution in [3.8, 4) is 0 Å². The van der Waals surface area contributed by atoms with E-state index in [9.17, 15) is 19.7 Å². The van der Waals surface area contributed by atoms with E-state index in [1.807, 2.05) is 0 Å². The van der Waals surface area contributed by atoms with Crippen molar-refractivity contribution in [2.24, 2.45) is 7.05 Å². The molecule has 4 rings (SSSR count).